The maximum absolute atomic E-state index is 13.2. The van der Waals surface area contributed by atoms with E-state index in [1.54, 1.807) is 12.3 Å². The predicted molar refractivity (Wildman–Crippen MR) is 129 cm³/mol. The number of aromatic nitrogens is 2. The minimum Gasteiger partial charge on any atom is -0.354 e. The van der Waals surface area contributed by atoms with E-state index in [1.165, 1.54) is 5.56 Å². The van der Waals surface area contributed by atoms with Gasteiger partial charge in [-0.1, -0.05) is 36.4 Å². The number of hydrogen-bond acceptors (Lipinski definition) is 3. The van der Waals surface area contributed by atoms with E-state index in [1.807, 2.05) is 67.1 Å². The van der Waals surface area contributed by atoms with Crippen LogP contribution in [0.4, 0.5) is 0 Å². The van der Waals surface area contributed by atoms with Crippen LogP contribution in [-0.4, -0.2) is 57.8 Å². The van der Waals surface area contributed by atoms with Gasteiger partial charge in [0.05, 0.1) is 0 Å². The number of aryl methyl sites for hydroxylation is 2. The minimum absolute atomic E-state index is 0.0358. The van der Waals surface area contributed by atoms with Gasteiger partial charge in [-0.3, -0.25) is 14.6 Å². The van der Waals surface area contributed by atoms with Gasteiger partial charge in [0.15, 0.2) is 0 Å². The molecular formula is C27H32N4O2. The lowest BCUT2D eigenvalue weighted by atomic mass is 9.84. The zero-order valence-corrected chi connectivity index (χ0v) is 19.6. The quantitative estimate of drug-likeness (QED) is 0.618. The Labute approximate surface area is 195 Å². The minimum atomic E-state index is -0.0625. The molecule has 0 aliphatic carbocycles. The number of likely N-dealkylation sites (tertiary alicyclic amines) is 1. The first-order chi connectivity index (χ1) is 15.9. The summed E-state index contributed by atoms with van der Waals surface area (Å²) >= 11 is 0. The number of hydrogen-bond donors (Lipinski definition) is 1. The number of piperidine rings is 1. The lowest BCUT2D eigenvalue weighted by Crippen LogP contribution is -2.48. The number of amides is 2. The summed E-state index contributed by atoms with van der Waals surface area (Å²) in [5.74, 6) is 0.308. The summed E-state index contributed by atoms with van der Waals surface area (Å²) in [6.45, 7) is 5.33. The topological polar surface area (TPSA) is 69.3 Å². The molecule has 1 N–H and O–H groups in total. The number of carbonyl (C=O) groups excluding carboxylic acids is 2. The molecule has 0 saturated carbocycles. The van der Waals surface area contributed by atoms with E-state index in [0.717, 1.165) is 30.5 Å². The van der Waals surface area contributed by atoms with Crippen molar-refractivity contribution in [3.05, 3.63) is 89.0 Å². The Bertz CT molecular complexity index is 1090. The average molecular weight is 445 g/mol. The number of nitrogens with one attached hydrogen (secondary N) is 1. The van der Waals surface area contributed by atoms with Crippen LogP contribution in [0.1, 0.15) is 50.6 Å². The molecule has 6 nitrogen and oxygen atoms in total. The molecule has 0 bridgehead atoms. The van der Waals surface area contributed by atoms with Crippen molar-refractivity contribution < 1.29 is 9.59 Å². The monoisotopic (exact) mass is 444 g/mol. The summed E-state index contributed by atoms with van der Waals surface area (Å²) in [6.07, 6.45) is 4.16. The molecule has 0 radical (unpaired) electrons. The first kappa shape index (κ1) is 22.8. The highest BCUT2D eigenvalue weighted by atomic mass is 16.2. The van der Waals surface area contributed by atoms with Gasteiger partial charge < -0.3 is 14.8 Å². The Hall–Kier alpha value is -3.41. The number of nitrogens with zero attached hydrogens (tertiary/aromatic N) is 3. The van der Waals surface area contributed by atoms with Gasteiger partial charge in [-0.25, -0.2) is 0 Å². The molecule has 2 aromatic heterocycles. The van der Waals surface area contributed by atoms with E-state index in [2.05, 4.69) is 22.1 Å². The number of carbonyl (C=O) groups is 2. The highest BCUT2D eigenvalue weighted by molar-refractivity contribution is 5.94. The zero-order valence-electron chi connectivity index (χ0n) is 19.6. The number of benzene rings is 1. The Morgan fingerprint density at radius 2 is 1.79 bits per heavy atom. The fourth-order valence-electron chi connectivity index (χ4n) is 4.89. The van der Waals surface area contributed by atoms with Crippen LogP contribution >= 0.6 is 0 Å². The van der Waals surface area contributed by atoms with E-state index in [4.69, 9.17) is 0 Å². The van der Waals surface area contributed by atoms with Gasteiger partial charge in [0.25, 0.3) is 11.8 Å². The van der Waals surface area contributed by atoms with E-state index in [-0.39, 0.29) is 17.9 Å². The summed E-state index contributed by atoms with van der Waals surface area (Å²) in [5, 5.41) is 0. The highest BCUT2D eigenvalue weighted by Crippen LogP contribution is 2.28. The molecule has 0 spiro atoms. The Morgan fingerprint density at radius 1 is 1.09 bits per heavy atom. The second-order valence-electron chi connectivity index (χ2n) is 9.03. The molecule has 4 rings (SSSR count). The lowest BCUT2D eigenvalue weighted by molar-refractivity contribution is 0.0516. The largest absolute Gasteiger partial charge is 0.354 e. The SMILES string of the molecule is Cc1cc(C)c(C(=O)N2CCC(C(Cc3ccccc3)N(C)C(=O)c3ccccn3)CC2)[nH]1. The van der Waals surface area contributed by atoms with E-state index < -0.39 is 0 Å². The van der Waals surface area contributed by atoms with Gasteiger partial charge in [-0.2, -0.15) is 0 Å². The fraction of sp³-hybridized carbons (Fsp3) is 0.370. The maximum Gasteiger partial charge on any atom is 0.272 e. The Morgan fingerprint density at radius 3 is 2.39 bits per heavy atom. The second kappa shape index (κ2) is 10.0. The lowest BCUT2D eigenvalue weighted by Gasteiger charge is -2.40. The highest BCUT2D eigenvalue weighted by Gasteiger charge is 2.34. The van der Waals surface area contributed by atoms with Crippen molar-refractivity contribution in [2.45, 2.75) is 39.2 Å². The summed E-state index contributed by atoms with van der Waals surface area (Å²) in [7, 11) is 1.88. The van der Waals surface area contributed by atoms with Crippen LogP contribution in [0.15, 0.2) is 60.8 Å². The van der Waals surface area contributed by atoms with Gasteiger partial charge in [0.2, 0.25) is 0 Å². The van der Waals surface area contributed by atoms with Crippen molar-refractivity contribution >= 4 is 11.8 Å². The number of likely N-dealkylation sites (N-methyl/N-ethyl adjacent to an activating group) is 1. The Balaban J connectivity index is 1.49. The van der Waals surface area contributed by atoms with Crippen LogP contribution in [0.3, 0.4) is 0 Å². The van der Waals surface area contributed by atoms with Crippen molar-refractivity contribution in [1.29, 1.82) is 0 Å². The number of aromatic amines is 1. The number of H-pyrrole nitrogens is 1. The predicted octanol–water partition coefficient (Wildman–Crippen LogP) is 4.26. The Kier molecular flexibility index (Phi) is 6.92. The standard InChI is InChI=1S/C27H32N4O2/c1-19-17-20(2)29-25(19)27(33)31-15-12-22(13-16-31)24(18-21-9-5-4-6-10-21)30(3)26(32)23-11-7-8-14-28-23/h4-11,14,17,22,24,29H,12-13,15-16,18H2,1-3H3. The number of rotatable bonds is 6. The van der Waals surface area contributed by atoms with Crippen LogP contribution < -0.4 is 0 Å². The third kappa shape index (κ3) is 5.16. The van der Waals surface area contributed by atoms with Gasteiger partial charge in [0, 0.05) is 38.1 Å². The molecule has 1 aliphatic heterocycles. The van der Waals surface area contributed by atoms with Crippen LogP contribution in [0, 0.1) is 19.8 Å². The first-order valence-corrected chi connectivity index (χ1v) is 11.6. The summed E-state index contributed by atoms with van der Waals surface area (Å²) in [5.41, 5.74) is 4.35. The molecule has 33 heavy (non-hydrogen) atoms. The third-order valence-electron chi connectivity index (χ3n) is 6.72. The summed E-state index contributed by atoms with van der Waals surface area (Å²) in [6, 6.07) is 17.8. The molecule has 1 fully saturated rings. The zero-order chi connectivity index (χ0) is 23.4. The molecule has 3 heterocycles. The fourth-order valence-corrected chi connectivity index (χ4v) is 4.89. The van der Waals surface area contributed by atoms with Crippen LogP contribution in [0.25, 0.3) is 0 Å². The van der Waals surface area contributed by atoms with Crippen molar-refractivity contribution in [2.24, 2.45) is 5.92 Å². The third-order valence-corrected chi connectivity index (χ3v) is 6.72. The van der Waals surface area contributed by atoms with Crippen molar-refractivity contribution in [1.82, 2.24) is 19.8 Å². The van der Waals surface area contributed by atoms with Crippen LogP contribution in [-0.2, 0) is 6.42 Å². The average Bonchev–Trinajstić information content (AvgIpc) is 3.20. The molecule has 1 saturated heterocycles. The van der Waals surface area contributed by atoms with Gasteiger partial charge in [-0.05, 0) is 68.4 Å². The number of pyridine rings is 1. The first-order valence-electron chi connectivity index (χ1n) is 11.6. The van der Waals surface area contributed by atoms with Crippen LogP contribution in [0.2, 0.25) is 0 Å². The van der Waals surface area contributed by atoms with Gasteiger partial charge >= 0.3 is 0 Å². The van der Waals surface area contributed by atoms with Gasteiger partial charge in [-0.15, -0.1) is 0 Å². The van der Waals surface area contributed by atoms with Gasteiger partial charge in [0.1, 0.15) is 11.4 Å². The maximum atomic E-state index is 13.2. The molecule has 2 amide bonds. The van der Waals surface area contributed by atoms with E-state index >= 15 is 0 Å². The molecular weight excluding hydrogens is 412 g/mol. The summed E-state index contributed by atoms with van der Waals surface area (Å²) < 4.78 is 0. The summed E-state index contributed by atoms with van der Waals surface area (Å²) in [4.78, 5) is 37.5. The van der Waals surface area contributed by atoms with Crippen molar-refractivity contribution in [3.63, 3.8) is 0 Å². The normalized spacial score (nSPS) is 15.3. The van der Waals surface area contributed by atoms with E-state index in [9.17, 15) is 9.59 Å². The molecule has 1 aliphatic rings. The molecule has 1 atom stereocenters. The molecule has 1 unspecified atom stereocenters. The smallest absolute Gasteiger partial charge is 0.272 e. The molecule has 6 heteroatoms. The molecule has 3 aromatic rings. The van der Waals surface area contributed by atoms with Crippen molar-refractivity contribution in [3.8, 4) is 0 Å². The second-order valence-corrected chi connectivity index (χ2v) is 9.03. The molecule has 172 valence electrons. The van der Waals surface area contributed by atoms with Crippen molar-refractivity contribution in [2.75, 3.05) is 20.1 Å². The van der Waals surface area contributed by atoms with Crippen LogP contribution in [0.5, 0.6) is 0 Å². The molecule has 1 aromatic carbocycles. The van der Waals surface area contributed by atoms with E-state index in [0.29, 0.717) is 30.4 Å².